The number of hydrogen-bond donors (Lipinski definition) is 1. The molecule has 0 radical (unpaired) electrons. The van der Waals surface area contributed by atoms with E-state index in [1.54, 1.807) is 0 Å². The van der Waals surface area contributed by atoms with Gasteiger partial charge in [-0.05, 0) is 71.8 Å². The molecule has 0 heterocycles. The molecule has 0 saturated heterocycles. The Balaban J connectivity index is 1.63. The summed E-state index contributed by atoms with van der Waals surface area (Å²) in [6.45, 7) is 8.55. The molecule has 2 aliphatic carbocycles. The van der Waals surface area contributed by atoms with Crippen LogP contribution in [-0.2, 0) is 10.3 Å². The minimum Gasteiger partial charge on any atom is -0.444 e. The van der Waals surface area contributed by atoms with E-state index in [1.165, 1.54) is 24.8 Å². The molecule has 2 aliphatic rings. The molecule has 2 atom stereocenters. The lowest BCUT2D eigenvalue weighted by molar-refractivity contribution is 0.0118. The van der Waals surface area contributed by atoms with Crippen LogP contribution in [0, 0.1) is 0 Å². The summed E-state index contributed by atoms with van der Waals surface area (Å²) in [6, 6.07) is 11.5. The highest BCUT2D eigenvalue weighted by molar-refractivity contribution is 5.68. The van der Waals surface area contributed by atoms with Crippen molar-refractivity contribution >= 4 is 6.09 Å². The molecule has 2 fully saturated rings. The zero-order valence-electron chi connectivity index (χ0n) is 16.8. The average molecular weight is 359 g/mol. The van der Waals surface area contributed by atoms with E-state index < -0.39 is 5.60 Å². The van der Waals surface area contributed by atoms with Crippen LogP contribution in [-0.4, -0.2) is 35.2 Å². The van der Waals surface area contributed by atoms with Gasteiger partial charge in [-0.25, -0.2) is 4.79 Å². The standard InChI is InChI=1S/C22H34N2O2/c1-5-24(20(25)26-21(2,3)4)19-13-9-12-18(16-19)23-22(14-15-22)17-10-7-6-8-11-17/h6-8,10-11,18-19,23H,5,9,12-16H2,1-4H3. The molecule has 4 heteroatoms. The maximum absolute atomic E-state index is 12.6. The molecule has 0 aromatic heterocycles. The van der Waals surface area contributed by atoms with Crippen molar-refractivity contribution in [1.82, 2.24) is 10.2 Å². The molecule has 3 rings (SSSR count). The fourth-order valence-electron chi connectivity index (χ4n) is 4.22. The van der Waals surface area contributed by atoms with E-state index in [9.17, 15) is 4.79 Å². The summed E-state index contributed by atoms with van der Waals surface area (Å²) >= 11 is 0. The first kappa shape index (κ1) is 19.2. The maximum atomic E-state index is 12.6. The number of amides is 1. The second-order valence-corrected chi connectivity index (χ2v) is 8.88. The summed E-state index contributed by atoms with van der Waals surface area (Å²) in [6.07, 6.45) is 6.69. The van der Waals surface area contributed by atoms with Gasteiger partial charge in [-0.3, -0.25) is 0 Å². The predicted molar refractivity (Wildman–Crippen MR) is 105 cm³/mol. The summed E-state index contributed by atoms with van der Waals surface area (Å²) in [5, 5.41) is 3.94. The predicted octanol–water partition coefficient (Wildman–Crippen LogP) is 4.83. The third kappa shape index (κ3) is 4.59. The van der Waals surface area contributed by atoms with Crippen molar-refractivity contribution < 1.29 is 9.53 Å². The highest BCUT2D eigenvalue weighted by Gasteiger charge is 2.46. The van der Waals surface area contributed by atoms with Crippen molar-refractivity contribution in [2.45, 2.75) is 89.4 Å². The summed E-state index contributed by atoms with van der Waals surface area (Å²) in [7, 11) is 0. The lowest BCUT2D eigenvalue weighted by atomic mass is 9.88. The van der Waals surface area contributed by atoms with Crippen molar-refractivity contribution in [3.8, 4) is 0 Å². The number of carbonyl (C=O) groups excluding carboxylic acids is 1. The van der Waals surface area contributed by atoms with Crippen LogP contribution in [0.15, 0.2) is 30.3 Å². The molecular weight excluding hydrogens is 324 g/mol. The van der Waals surface area contributed by atoms with Gasteiger partial charge in [-0.2, -0.15) is 0 Å². The zero-order chi connectivity index (χ0) is 18.8. The van der Waals surface area contributed by atoms with E-state index in [0.29, 0.717) is 12.6 Å². The van der Waals surface area contributed by atoms with Gasteiger partial charge in [0.15, 0.2) is 0 Å². The van der Waals surface area contributed by atoms with Crippen LogP contribution in [0.4, 0.5) is 4.79 Å². The van der Waals surface area contributed by atoms with Crippen molar-refractivity contribution in [2.24, 2.45) is 0 Å². The fraction of sp³-hybridized carbons (Fsp3) is 0.682. The van der Waals surface area contributed by atoms with Crippen LogP contribution < -0.4 is 5.32 Å². The van der Waals surface area contributed by atoms with Crippen LogP contribution in [0.5, 0.6) is 0 Å². The van der Waals surface area contributed by atoms with Gasteiger partial charge in [0.1, 0.15) is 5.60 Å². The molecule has 1 aromatic carbocycles. The Hall–Kier alpha value is -1.55. The van der Waals surface area contributed by atoms with Crippen LogP contribution in [0.1, 0.15) is 71.8 Å². The quantitative estimate of drug-likeness (QED) is 0.819. The van der Waals surface area contributed by atoms with Crippen molar-refractivity contribution in [3.05, 3.63) is 35.9 Å². The molecule has 0 bridgehead atoms. The van der Waals surface area contributed by atoms with Crippen LogP contribution in [0.25, 0.3) is 0 Å². The molecule has 0 spiro atoms. The second kappa shape index (κ2) is 7.59. The van der Waals surface area contributed by atoms with Crippen LogP contribution >= 0.6 is 0 Å². The highest BCUT2D eigenvalue weighted by atomic mass is 16.6. The molecule has 1 aromatic rings. The van der Waals surface area contributed by atoms with Gasteiger partial charge < -0.3 is 15.0 Å². The van der Waals surface area contributed by atoms with E-state index >= 15 is 0 Å². The number of nitrogens with one attached hydrogen (secondary N) is 1. The Morgan fingerprint density at radius 3 is 2.50 bits per heavy atom. The van der Waals surface area contributed by atoms with Gasteiger partial charge >= 0.3 is 6.09 Å². The maximum Gasteiger partial charge on any atom is 0.410 e. The van der Waals surface area contributed by atoms with E-state index in [-0.39, 0.29) is 17.7 Å². The molecule has 1 amide bonds. The third-order valence-electron chi connectivity index (χ3n) is 5.61. The Labute approximate surface area is 158 Å². The Kier molecular flexibility index (Phi) is 5.61. The molecule has 26 heavy (non-hydrogen) atoms. The van der Waals surface area contributed by atoms with E-state index in [0.717, 1.165) is 19.3 Å². The average Bonchev–Trinajstić information content (AvgIpc) is 3.36. The highest BCUT2D eigenvalue weighted by Crippen LogP contribution is 2.46. The lowest BCUT2D eigenvalue weighted by Crippen LogP contribution is -2.50. The molecule has 1 N–H and O–H groups in total. The number of nitrogens with zero attached hydrogens (tertiary/aromatic N) is 1. The summed E-state index contributed by atoms with van der Waals surface area (Å²) in [4.78, 5) is 14.5. The van der Waals surface area contributed by atoms with Gasteiger partial charge in [0.2, 0.25) is 0 Å². The SMILES string of the molecule is CCN(C(=O)OC(C)(C)C)C1CCCC(NC2(c3ccccc3)CC2)C1. The first-order chi connectivity index (χ1) is 12.3. The Morgan fingerprint density at radius 2 is 1.92 bits per heavy atom. The summed E-state index contributed by atoms with van der Waals surface area (Å²) in [5.74, 6) is 0. The largest absolute Gasteiger partial charge is 0.444 e. The smallest absolute Gasteiger partial charge is 0.410 e. The van der Waals surface area contributed by atoms with Gasteiger partial charge in [0.25, 0.3) is 0 Å². The van der Waals surface area contributed by atoms with Crippen LogP contribution in [0.3, 0.4) is 0 Å². The Morgan fingerprint density at radius 1 is 1.23 bits per heavy atom. The molecular formula is C22H34N2O2. The summed E-state index contributed by atoms with van der Waals surface area (Å²) in [5.41, 5.74) is 1.13. The van der Waals surface area contributed by atoms with Gasteiger partial charge in [-0.1, -0.05) is 30.3 Å². The first-order valence-electron chi connectivity index (χ1n) is 10.2. The zero-order valence-corrected chi connectivity index (χ0v) is 16.8. The van der Waals surface area contributed by atoms with Crippen molar-refractivity contribution in [2.75, 3.05) is 6.54 Å². The number of benzene rings is 1. The lowest BCUT2D eigenvalue weighted by Gasteiger charge is -2.39. The molecule has 0 aliphatic heterocycles. The molecule has 2 saturated carbocycles. The van der Waals surface area contributed by atoms with Gasteiger partial charge in [0, 0.05) is 24.2 Å². The molecule has 4 nitrogen and oxygen atoms in total. The molecule has 2 unspecified atom stereocenters. The monoisotopic (exact) mass is 358 g/mol. The Bertz CT molecular complexity index is 604. The third-order valence-corrected chi connectivity index (χ3v) is 5.61. The first-order valence-corrected chi connectivity index (χ1v) is 10.2. The van der Waals surface area contributed by atoms with E-state index in [1.807, 2.05) is 32.6 Å². The van der Waals surface area contributed by atoms with Crippen LogP contribution in [0.2, 0.25) is 0 Å². The number of rotatable bonds is 5. The molecule has 144 valence electrons. The van der Waals surface area contributed by atoms with E-state index in [2.05, 4.69) is 35.6 Å². The summed E-state index contributed by atoms with van der Waals surface area (Å²) < 4.78 is 5.63. The van der Waals surface area contributed by atoms with Crippen molar-refractivity contribution in [1.29, 1.82) is 0 Å². The fourth-order valence-corrected chi connectivity index (χ4v) is 4.22. The van der Waals surface area contributed by atoms with E-state index in [4.69, 9.17) is 4.74 Å². The van der Waals surface area contributed by atoms with Crippen molar-refractivity contribution in [3.63, 3.8) is 0 Å². The minimum absolute atomic E-state index is 0.163. The number of carbonyl (C=O) groups is 1. The number of ether oxygens (including phenoxy) is 1. The topological polar surface area (TPSA) is 41.6 Å². The van der Waals surface area contributed by atoms with Gasteiger partial charge in [-0.15, -0.1) is 0 Å². The minimum atomic E-state index is -0.442. The number of hydrogen-bond acceptors (Lipinski definition) is 3. The normalized spacial score (nSPS) is 24.8. The second-order valence-electron chi connectivity index (χ2n) is 8.88. The van der Waals surface area contributed by atoms with Gasteiger partial charge in [0.05, 0.1) is 0 Å².